The molecule has 7 heteroatoms. The second-order valence-corrected chi connectivity index (χ2v) is 7.76. The molecule has 0 bridgehead atoms. The summed E-state index contributed by atoms with van der Waals surface area (Å²) in [5.41, 5.74) is 2.00. The Morgan fingerprint density at radius 2 is 1.70 bits per heavy atom. The van der Waals surface area contributed by atoms with Gasteiger partial charge in [-0.25, -0.2) is 0 Å². The van der Waals surface area contributed by atoms with Crippen molar-refractivity contribution in [1.82, 2.24) is 8.97 Å². The minimum Gasteiger partial charge on any atom is -0.483 e. The fourth-order valence-electron chi connectivity index (χ4n) is 3.29. The van der Waals surface area contributed by atoms with Crippen LogP contribution in [0.1, 0.15) is 16.8 Å². The molecule has 0 saturated heterocycles. The highest BCUT2D eigenvalue weighted by Gasteiger charge is 2.15. The van der Waals surface area contributed by atoms with Crippen LogP contribution in [0.5, 0.6) is 5.75 Å². The van der Waals surface area contributed by atoms with Crippen LogP contribution < -0.4 is 15.7 Å². The fourth-order valence-corrected chi connectivity index (χ4v) is 3.61. The zero-order valence-corrected chi connectivity index (χ0v) is 17.7. The van der Waals surface area contributed by atoms with Gasteiger partial charge in [-0.1, -0.05) is 59.6 Å². The lowest BCUT2D eigenvalue weighted by molar-refractivity contribution is 0.305. The number of hydrogen-bond donors (Lipinski definition) is 0. The third-order valence-corrected chi connectivity index (χ3v) is 5.57. The second kappa shape index (κ2) is 8.38. The molecule has 30 heavy (non-hydrogen) atoms. The molecule has 0 unspecified atom stereocenters. The highest BCUT2D eigenvalue weighted by atomic mass is 35.5. The molecule has 0 amide bonds. The van der Waals surface area contributed by atoms with E-state index in [0.717, 1.165) is 16.8 Å². The molecule has 0 aliphatic rings. The molecule has 4 rings (SSSR count). The van der Waals surface area contributed by atoms with E-state index in [1.165, 1.54) is 6.07 Å². The second-order valence-electron chi connectivity index (χ2n) is 6.95. The fraction of sp³-hybridized carbons (Fsp3) is 0.130. The lowest BCUT2D eigenvalue weighted by Crippen LogP contribution is -2.27. The van der Waals surface area contributed by atoms with Crippen molar-refractivity contribution in [3.63, 3.8) is 0 Å². The van der Waals surface area contributed by atoms with Crippen molar-refractivity contribution in [2.45, 2.75) is 20.1 Å². The number of ether oxygens (including phenoxy) is 1. The summed E-state index contributed by atoms with van der Waals surface area (Å²) in [4.78, 5) is 25.9. The molecule has 2 heterocycles. The SMILES string of the molecule is Cc1cn2ccc(=O)c(OCc3ccccc3)c2c(=O)n1Cc1ccc(Cl)c(Cl)c1. The van der Waals surface area contributed by atoms with E-state index in [9.17, 15) is 9.59 Å². The van der Waals surface area contributed by atoms with Crippen molar-refractivity contribution < 1.29 is 4.74 Å². The number of rotatable bonds is 5. The van der Waals surface area contributed by atoms with Crippen LogP contribution >= 0.6 is 23.2 Å². The number of aromatic nitrogens is 2. The molecule has 0 aliphatic heterocycles. The summed E-state index contributed by atoms with van der Waals surface area (Å²) in [5.74, 6) is 0.0363. The van der Waals surface area contributed by atoms with Crippen LogP contribution in [0, 0.1) is 6.92 Å². The first-order valence-corrected chi connectivity index (χ1v) is 10.1. The summed E-state index contributed by atoms with van der Waals surface area (Å²) in [6.07, 6.45) is 3.37. The summed E-state index contributed by atoms with van der Waals surface area (Å²) in [6, 6.07) is 16.1. The minimum absolute atomic E-state index is 0.0363. The van der Waals surface area contributed by atoms with Crippen LogP contribution in [0.25, 0.3) is 5.52 Å². The molecule has 2 aromatic heterocycles. The van der Waals surface area contributed by atoms with Crippen molar-refractivity contribution in [2.24, 2.45) is 0 Å². The molecule has 0 spiro atoms. The van der Waals surface area contributed by atoms with Gasteiger partial charge in [0.15, 0.2) is 11.3 Å². The van der Waals surface area contributed by atoms with E-state index >= 15 is 0 Å². The number of nitrogens with zero attached hydrogens (tertiary/aromatic N) is 2. The standard InChI is InChI=1S/C23H18Cl2N2O3/c1-15-12-26-10-9-20(28)22(30-14-16-5-3-2-4-6-16)21(26)23(29)27(15)13-17-7-8-18(24)19(25)11-17/h2-12H,13-14H2,1H3. The zero-order chi connectivity index (χ0) is 21.3. The Morgan fingerprint density at radius 1 is 0.933 bits per heavy atom. The normalized spacial score (nSPS) is 11.0. The maximum Gasteiger partial charge on any atom is 0.279 e. The summed E-state index contributed by atoms with van der Waals surface area (Å²) in [5, 5.41) is 0.870. The molecule has 0 radical (unpaired) electrons. The smallest absolute Gasteiger partial charge is 0.279 e. The Balaban J connectivity index is 1.80. The first-order chi connectivity index (χ1) is 14.4. The van der Waals surface area contributed by atoms with Gasteiger partial charge in [0.1, 0.15) is 6.61 Å². The average molecular weight is 441 g/mol. The molecule has 0 aliphatic carbocycles. The Morgan fingerprint density at radius 3 is 2.43 bits per heavy atom. The third-order valence-electron chi connectivity index (χ3n) is 4.83. The first-order valence-electron chi connectivity index (χ1n) is 9.30. The molecule has 152 valence electrons. The van der Waals surface area contributed by atoms with Gasteiger partial charge in [-0.05, 0) is 30.2 Å². The number of benzene rings is 2. The van der Waals surface area contributed by atoms with Gasteiger partial charge in [0.25, 0.3) is 5.56 Å². The molecule has 0 saturated carbocycles. The number of aryl methyl sites for hydroxylation is 1. The monoisotopic (exact) mass is 440 g/mol. The lowest BCUT2D eigenvalue weighted by atomic mass is 10.2. The summed E-state index contributed by atoms with van der Waals surface area (Å²) < 4.78 is 9.03. The Bertz CT molecular complexity index is 1340. The molecular weight excluding hydrogens is 423 g/mol. The first kappa shape index (κ1) is 20.3. The Labute approximate surface area is 182 Å². The maximum atomic E-state index is 13.4. The highest BCUT2D eigenvalue weighted by molar-refractivity contribution is 6.42. The van der Waals surface area contributed by atoms with Crippen molar-refractivity contribution in [3.05, 3.63) is 114 Å². The van der Waals surface area contributed by atoms with Gasteiger partial charge < -0.3 is 13.7 Å². The van der Waals surface area contributed by atoms with Gasteiger partial charge in [0.2, 0.25) is 5.43 Å². The topological polar surface area (TPSA) is 52.7 Å². The van der Waals surface area contributed by atoms with Gasteiger partial charge in [0.05, 0.1) is 16.6 Å². The van der Waals surface area contributed by atoms with Crippen molar-refractivity contribution in [3.8, 4) is 5.75 Å². The van der Waals surface area contributed by atoms with E-state index in [1.54, 1.807) is 33.5 Å². The molecule has 4 aromatic rings. The number of fused-ring (bicyclic) bond motifs is 1. The van der Waals surface area contributed by atoms with Crippen LogP contribution in [0.15, 0.2) is 76.6 Å². The van der Waals surface area contributed by atoms with Crippen molar-refractivity contribution >= 4 is 28.7 Å². The zero-order valence-electron chi connectivity index (χ0n) is 16.1. The minimum atomic E-state index is -0.340. The Hall–Kier alpha value is -3.02. The van der Waals surface area contributed by atoms with E-state index in [4.69, 9.17) is 27.9 Å². The van der Waals surface area contributed by atoms with Gasteiger partial charge in [0, 0.05) is 24.2 Å². The predicted molar refractivity (Wildman–Crippen MR) is 119 cm³/mol. The average Bonchev–Trinajstić information content (AvgIpc) is 2.74. The lowest BCUT2D eigenvalue weighted by Gasteiger charge is -2.15. The van der Waals surface area contributed by atoms with Crippen molar-refractivity contribution in [1.29, 1.82) is 0 Å². The molecular formula is C23H18Cl2N2O3. The highest BCUT2D eigenvalue weighted by Crippen LogP contribution is 2.23. The molecule has 2 aromatic carbocycles. The largest absolute Gasteiger partial charge is 0.483 e. The summed E-state index contributed by atoms with van der Waals surface area (Å²) in [7, 11) is 0. The van der Waals surface area contributed by atoms with Crippen LogP contribution in [-0.2, 0) is 13.2 Å². The van der Waals surface area contributed by atoms with Gasteiger partial charge >= 0.3 is 0 Å². The number of halogens is 2. The number of hydrogen-bond acceptors (Lipinski definition) is 3. The summed E-state index contributed by atoms with van der Waals surface area (Å²) in [6.45, 7) is 2.32. The predicted octanol–water partition coefficient (Wildman–Crippen LogP) is 4.70. The van der Waals surface area contributed by atoms with Gasteiger partial charge in [-0.2, -0.15) is 0 Å². The molecule has 0 fully saturated rings. The van der Waals surface area contributed by atoms with Gasteiger partial charge in [-0.15, -0.1) is 0 Å². The van der Waals surface area contributed by atoms with E-state index in [2.05, 4.69) is 0 Å². The molecule has 0 N–H and O–H groups in total. The van der Waals surface area contributed by atoms with E-state index in [-0.39, 0.29) is 28.9 Å². The third kappa shape index (κ3) is 3.99. The van der Waals surface area contributed by atoms with E-state index < -0.39 is 0 Å². The summed E-state index contributed by atoms with van der Waals surface area (Å²) >= 11 is 12.1. The van der Waals surface area contributed by atoms with E-state index in [1.807, 2.05) is 43.3 Å². The van der Waals surface area contributed by atoms with E-state index in [0.29, 0.717) is 16.6 Å². The quantitative estimate of drug-likeness (QED) is 0.451. The van der Waals surface area contributed by atoms with Crippen LogP contribution in [-0.4, -0.2) is 8.97 Å². The number of pyridine rings is 1. The van der Waals surface area contributed by atoms with Crippen LogP contribution in [0.3, 0.4) is 0 Å². The molecule has 0 atom stereocenters. The van der Waals surface area contributed by atoms with Crippen LogP contribution in [0.2, 0.25) is 10.0 Å². The Kier molecular flexibility index (Phi) is 5.66. The maximum absolute atomic E-state index is 13.4. The molecule has 5 nitrogen and oxygen atoms in total. The van der Waals surface area contributed by atoms with Gasteiger partial charge in [-0.3, -0.25) is 9.59 Å². The van der Waals surface area contributed by atoms with Crippen LogP contribution in [0.4, 0.5) is 0 Å². The van der Waals surface area contributed by atoms with Crippen molar-refractivity contribution in [2.75, 3.05) is 0 Å².